The summed E-state index contributed by atoms with van der Waals surface area (Å²) in [5, 5.41) is 3.50. The van der Waals surface area contributed by atoms with Crippen molar-refractivity contribution < 1.29 is 9.59 Å². The van der Waals surface area contributed by atoms with Crippen LogP contribution in [0.25, 0.3) is 0 Å². The van der Waals surface area contributed by atoms with Crippen LogP contribution in [0.1, 0.15) is 34.1 Å². The lowest BCUT2D eigenvalue weighted by molar-refractivity contribution is -0.113. The van der Waals surface area contributed by atoms with E-state index in [-0.39, 0.29) is 18.3 Å². The number of carbonyl (C=O) groups is 2. The average Bonchev–Trinajstić information content (AvgIpc) is 2.98. The number of thiophene rings is 1. The SMILES string of the molecule is CCCN1CCc2c(sc(NC(=O)CSc3ccccc3)c2C(N)=O)C1.Cl. The predicted octanol–water partition coefficient (Wildman–Crippen LogP) is 3.77. The van der Waals surface area contributed by atoms with Crippen LogP contribution in [0.5, 0.6) is 0 Å². The number of hydrogen-bond acceptors (Lipinski definition) is 5. The molecule has 27 heavy (non-hydrogen) atoms. The molecule has 0 spiro atoms. The highest BCUT2D eigenvalue weighted by molar-refractivity contribution is 8.00. The van der Waals surface area contributed by atoms with Gasteiger partial charge in [-0.2, -0.15) is 0 Å². The highest BCUT2D eigenvalue weighted by Gasteiger charge is 2.27. The molecule has 0 atom stereocenters. The summed E-state index contributed by atoms with van der Waals surface area (Å²) in [6, 6.07) is 9.78. The molecule has 0 fully saturated rings. The standard InChI is InChI=1S/C19H23N3O2S2.ClH/c1-2-9-22-10-8-14-15(11-22)26-19(17(14)18(20)24)21-16(23)12-25-13-6-4-3-5-7-13;/h3-7H,2,8-12H2,1H3,(H2,20,24)(H,21,23);1H. The molecular weight excluding hydrogens is 402 g/mol. The summed E-state index contributed by atoms with van der Waals surface area (Å²) in [5.41, 5.74) is 7.13. The number of benzene rings is 1. The van der Waals surface area contributed by atoms with Crippen molar-refractivity contribution in [3.8, 4) is 0 Å². The van der Waals surface area contributed by atoms with E-state index in [1.54, 1.807) is 0 Å². The molecule has 3 rings (SSSR count). The van der Waals surface area contributed by atoms with Crippen LogP contribution in [0.4, 0.5) is 5.00 Å². The van der Waals surface area contributed by atoms with Gasteiger partial charge in [-0.15, -0.1) is 35.5 Å². The van der Waals surface area contributed by atoms with E-state index in [1.807, 2.05) is 30.3 Å². The third-order valence-corrected chi connectivity index (χ3v) is 6.43. The first-order valence-electron chi connectivity index (χ1n) is 8.73. The minimum atomic E-state index is -0.461. The predicted molar refractivity (Wildman–Crippen MR) is 115 cm³/mol. The number of halogens is 1. The van der Waals surface area contributed by atoms with Gasteiger partial charge in [-0.25, -0.2) is 0 Å². The summed E-state index contributed by atoms with van der Waals surface area (Å²) in [5.74, 6) is -0.282. The lowest BCUT2D eigenvalue weighted by Crippen LogP contribution is -2.31. The Labute approximate surface area is 174 Å². The number of nitrogens with two attached hydrogens (primary N) is 1. The Morgan fingerprint density at radius 2 is 2.04 bits per heavy atom. The van der Waals surface area contributed by atoms with Gasteiger partial charge in [0.25, 0.3) is 5.91 Å². The molecule has 1 aliphatic heterocycles. The number of hydrogen-bond donors (Lipinski definition) is 2. The molecule has 3 N–H and O–H groups in total. The number of fused-ring (bicyclic) bond motifs is 1. The van der Waals surface area contributed by atoms with E-state index < -0.39 is 5.91 Å². The maximum absolute atomic E-state index is 12.4. The Balaban J connectivity index is 0.00000261. The summed E-state index contributed by atoms with van der Waals surface area (Å²) in [6.45, 7) is 4.95. The van der Waals surface area contributed by atoms with E-state index in [9.17, 15) is 9.59 Å². The number of nitrogens with zero attached hydrogens (tertiary/aromatic N) is 1. The van der Waals surface area contributed by atoms with Gasteiger partial charge in [-0.1, -0.05) is 25.1 Å². The summed E-state index contributed by atoms with van der Waals surface area (Å²) >= 11 is 2.96. The van der Waals surface area contributed by atoms with E-state index >= 15 is 0 Å². The van der Waals surface area contributed by atoms with Crippen LogP contribution in [0.3, 0.4) is 0 Å². The minimum Gasteiger partial charge on any atom is -0.365 e. The van der Waals surface area contributed by atoms with E-state index in [1.165, 1.54) is 23.1 Å². The minimum absolute atomic E-state index is 0. The highest BCUT2D eigenvalue weighted by Crippen LogP contribution is 2.37. The van der Waals surface area contributed by atoms with Crippen LogP contribution < -0.4 is 11.1 Å². The molecule has 0 saturated carbocycles. The maximum atomic E-state index is 12.4. The summed E-state index contributed by atoms with van der Waals surface area (Å²) in [4.78, 5) is 28.9. The maximum Gasteiger partial charge on any atom is 0.251 e. The lowest BCUT2D eigenvalue weighted by atomic mass is 10.0. The van der Waals surface area contributed by atoms with Crippen molar-refractivity contribution in [1.82, 2.24) is 4.90 Å². The molecule has 8 heteroatoms. The van der Waals surface area contributed by atoms with Gasteiger partial charge >= 0.3 is 0 Å². The zero-order chi connectivity index (χ0) is 18.5. The highest BCUT2D eigenvalue weighted by atomic mass is 35.5. The van der Waals surface area contributed by atoms with E-state index in [2.05, 4.69) is 17.1 Å². The monoisotopic (exact) mass is 425 g/mol. The molecular formula is C19H24ClN3O2S2. The molecule has 2 heterocycles. The Morgan fingerprint density at radius 3 is 2.70 bits per heavy atom. The van der Waals surface area contributed by atoms with E-state index in [0.29, 0.717) is 16.3 Å². The first-order valence-corrected chi connectivity index (χ1v) is 10.5. The van der Waals surface area contributed by atoms with Gasteiger partial charge in [0.2, 0.25) is 5.91 Å². The average molecular weight is 426 g/mol. The van der Waals surface area contributed by atoms with Crippen molar-refractivity contribution in [2.75, 3.05) is 24.2 Å². The number of nitrogens with one attached hydrogen (secondary N) is 1. The molecule has 0 saturated heterocycles. The Bertz CT molecular complexity index is 796. The fourth-order valence-electron chi connectivity index (χ4n) is 3.14. The van der Waals surface area contributed by atoms with Gasteiger partial charge in [0.05, 0.1) is 11.3 Å². The van der Waals surface area contributed by atoms with E-state index in [4.69, 9.17) is 5.73 Å². The van der Waals surface area contributed by atoms with Gasteiger partial charge in [0.1, 0.15) is 5.00 Å². The molecule has 0 radical (unpaired) electrons. The largest absolute Gasteiger partial charge is 0.365 e. The molecule has 0 aliphatic carbocycles. The fraction of sp³-hybridized carbons (Fsp3) is 0.368. The van der Waals surface area contributed by atoms with Gasteiger partial charge in [-0.05, 0) is 37.1 Å². The molecule has 1 aliphatic rings. The molecule has 1 aromatic carbocycles. The summed E-state index contributed by atoms with van der Waals surface area (Å²) in [7, 11) is 0. The van der Waals surface area contributed by atoms with E-state index in [0.717, 1.165) is 47.8 Å². The van der Waals surface area contributed by atoms with Crippen LogP contribution in [0.2, 0.25) is 0 Å². The number of rotatable bonds is 7. The molecule has 2 amide bonds. The normalized spacial score (nSPS) is 13.5. The number of amides is 2. The zero-order valence-electron chi connectivity index (χ0n) is 15.2. The van der Waals surface area contributed by atoms with Crippen LogP contribution in [0, 0.1) is 0 Å². The van der Waals surface area contributed by atoms with Crippen molar-refractivity contribution in [2.24, 2.45) is 5.73 Å². The van der Waals surface area contributed by atoms with Gasteiger partial charge in [0.15, 0.2) is 0 Å². The second-order valence-electron chi connectivity index (χ2n) is 6.25. The first kappa shape index (κ1) is 21.8. The number of anilines is 1. The van der Waals surface area contributed by atoms with Gasteiger partial charge in [-0.3, -0.25) is 14.5 Å². The van der Waals surface area contributed by atoms with Crippen LogP contribution in [-0.4, -0.2) is 35.6 Å². The lowest BCUT2D eigenvalue weighted by Gasteiger charge is -2.26. The molecule has 0 bridgehead atoms. The molecule has 2 aromatic rings. The van der Waals surface area contributed by atoms with Crippen molar-refractivity contribution in [3.63, 3.8) is 0 Å². The Morgan fingerprint density at radius 1 is 1.30 bits per heavy atom. The smallest absolute Gasteiger partial charge is 0.251 e. The number of carbonyl (C=O) groups excluding carboxylic acids is 2. The van der Waals surface area contributed by atoms with Gasteiger partial charge < -0.3 is 11.1 Å². The topological polar surface area (TPSA) is 75.4 Å². The quantitative estimate of drug-likeness (QED) is 0.662. The van der Waals surface area contributed by atoms with Crippen molar-refractivity contribution in [3.05, 3.63) is 46.3 Å². The Hall–Kier alpha value is -1.54. The molecule has 1 aromatic heterocycles. The van der Waals surface area contributed by atoms with Crippen molar-refractivity contribution >= 4 is 52.3 Å². The molecule has 146 valence electrons. The zero-order valence-corrected chi connectivity index (χ0v) is 17.6. The summed E-state index contributed by atoms with van der Waals surface area (Å²) in [6.07, 6.45) is 1.91. The van der Waals surface area contributed by atoms with Crippen LogP contribution in [0.15, 0.2) is 35.2 Å². The third-order valence-electron chi connectivity index (χ3n) is 4.29. The summed E-state index contributed by atoms with van der Waals surface area (Å²) < 4.78 is 0. The van der Waals surface area contributed by atoms with Crippen LogP contribution in [-0.2, 0) is 17.8 Å². The second-order valence-corrected chi connectivity index (χ2v) is 8.40. The molecule has 5 nitrogen and oxygen atoms in total. The third kappa shape index (κ3) is 5.48. The van der Waals surface area contributed by atoms with Crippen LogP contribution >= 0.6 is 35.5 Å². The number of primary amides is 1. The molecule has 0 unspecified atom stereocenters. The van der Waals surface area contributed by atoms with Crippen molar-refractivity contribution in [2.45, 2.75) is 31.2 Å². The first-order chi connectivity index (χ1) is 12.6. The Kier molecular flexibility index (Phi) is 8.16. The van der Waals surface area contributed by atoms with Gasteiger partial charge in [0, 0.05) is 22.9 Å². The van der Waals surface area contributed by atoms with Crippen molar-refractivity contribution in [1.29, 1.82) is 0 Å². The second kappa shape index (κ2) is 10.1. The fourth-order valence-corrected chi connectivity index (χ4v) is 5.17. The number of thioether (sulfide) groups is 1.